The second-order valence-corrected chi connectivity index (χ2v) is 14.1. The molecule has 0 spiro atoms. The average Bonchev–Trinajstić information content (AvgIpc) is 3.64. The first-order chi connectivity index (χ1) is 26.1. The third-order valence-corrected chi connectivity index (χ3v) is 9.48. The van der Waals surface area contributed by atoms with Gasteiger partial charge < -0.3 is 14.6 Å². The van der Waals surface area contributed by atoms with Crippen molar-refractivity contribution in [2.75, 3.05) is 11.6 Å². The molecular formula is C29H22N4O18S4. The molecule has 0 radical (unpaired) electrons. The molecule has 0 atom stereocenters. The smallest absolute Gasteiger partial charge is 0.373 e. The van der Waals surface area contributed by atoms with E-state index in [9.17, 15) is 45.4 Å². The van der Waals surface area contributed by atoms with E-state index in [1.54, 1.807) is 6.11 Å². The third-order valence-electron chi connectivity index (χ3n) is 6.53. The molecule has 55 heavy (non-hydrogen) atoms. The van der Waals surface area contributed by atoms with Crippen LogP contribution in [0, 0.1) is 12.5 Å². The topological polar surface area (TPSA) is 309 Å². The second-order valence-electron chi connectivity index (χ2n) is 9.78. The lowest BCUT2D eigenvalue weighted by molar-refractivity contribution is -0.432. The first-order valence-electron chi connectivity index (χ1n) is 14.2. The molecule has 0 unspecified atom stereocenters. The van der Waals surface area contributed by atoms with Gasteiger partial charge in [0.25, 0.3) is 26.1 Å². The van der Waals surface area contributed by atoms with Crippen LogP contribution in [0.15, 0.2) is 91.0 Å². The number of rotatable bonds is 16. The van der Waals surface area contributed by atoms with Gasteiger partial charge >= 0.3 is 11.9 Å². The molecule has 0 saturated heterocycles. The van der Waals surface area contributed by atoms with Gasteiger partial charge in [0.2, 0.25) is 5.88 Å². The van der Waals surface area contributed by atoms with Crippen molar-refractivity contribution in [2.24, 2.45) is 5.10 Å². The number of terminal acetylenes is 1. The Kier molecular flexibility index (Phi) is 14.1. The molecule has 290 valence electrons. The molecule has 5 N–H and O–H groups in total. The van der Waals surface area contributed by atoms with Crippen LogP contribution in [-0.2, 0) is 58.0 Å². The Morgan fingerprint density at radius 2 is 1.49 bits per heavy atom. The van der Waals surface area contributed by atoms with Crippen molar-refractivity contribution >= 4 is 79.6 Å². The van der Waals surface area contributed by atoms with E-state index in [4.69, 9.17) is 21.7 Å². The van der Waals surface area contributed by atoms with Crippen molar-refractivity contribution in [2.45, 2.75) is 26.5 Å². The van der Waals surface area contributed by atoms with Crippen LogP contribution in [0.1, 0.15) is 23.0 Å². The Hall–Kier alpha value is -5.41. The van der Waals surface area contributed by atoms with Crippen LogP contribution < -0.4 is 5.01 Å². The molecular weight excluding hydrogens is 821 g/mol. The van der Waals surface area contributed by atoms with Crippen molar-refractivity contribution in [1.29, 1.82) is 0 Å². The van der Waals surface area contributed by atoms with E-state index in [0.29, 0.717) is 33.8 Å². The molecule has 22 nitrogen and oxygen atoms in total. The predicted molar refractivity (Wildman–Crippen MR) is 185 cm³/mol. The monoisotopic (exact) mass is 842 g/mol. The highest BCUT2D eigenvalue weighted by Crippen LogP contribution is 2.35. The molecule has 1 aromatic heterocycles. The fourth-order valence-electron chi connectivity index (χ4n) is 4.42. The normalized spacial score (nSPS) is 14.2. The zero-order valence-electron chi connectivity index (χ0n) is 27.1. The van der Waals surface area contributed by atoms with Crippen molar-refractivity contribution in [3.05, 3.63) is 77.5 Å². The van der Waals surface area contributed by atoms with E-state index in [2.05, 4.69) is 33.7 Å². The molecule has 1 amide bonds. The van der Waals surface area contributed by atoms with E-state index >= 15 is 0 Å². The van der Waals surface area contributed by atoms with Gasteiger partial charge in [-0.2, -0.15) is 36.7 Å². The Bertz CT molecular complexity index is 2400. The summed E-state index contributed by atoms with van der Waals surface area (Å²) in [7, 11) is -9.97. The summed E-state index contributed by atoms with van der Waals surface area (Å²) >= 11 is 0.759. The number of carbonyl (C=O) groups is 3. The fraction of sp³-hybridized carbons (Fsp3) is 0.0690. The summed E-state index contributed by atoms with van der Waals surface area (Å²) in [5, 5.41) is 43.3. The van der Waals surface area contributed by atoms with Gasteiger partial charge in [0.1, 0.15) is 15.9 Å². The number of aromatic hydroxyl groups is 1. The second kappa shape index (κ2) is 18.3. The molecule has 4 rings (SSSR count). The molecule has 2 heterocycles. The maximum absolute atomic E-state index is 13.5. The summed E-state index contributed by atoms with van der Waals surface area (Å²) < 4.78 is 86.9. The minimum Gasteiger partial charge on any atom is -0.493 e. The SMILES string of the molecule is C#COC(=O)C1=NN(c2cc(SOOO)ccc2S(=O)(=O)O)C(=O)/C1=C\C=CC=Cc1c(C(=O)OCC)nn(-c2cc(SOOO)ccc2S(=O)(=O)O)c1O. The number of amides is 1. The standard InChI is InChI=1S/C29H22N4O18S4/c1-3-46-28(36)24-18(26(34)32(30-24)20-14-16(52-50-48-38)10-12-22(20)54(40,41)42)8-6-5-7-9-19-25(29(37)47-4-2)31-33(27(19)35)21-15-17(53-51-49-39)11-13-23(21)55(43,44)45/h1,5-15,35,38-39H,4H2,2H3,(H,40,41,42)(H,43,44,45)/b6-5?,9-7?,18-8-. The van der Waals surface area contributed by atoms with Gasteiger partial charge in [-0.1, -0.05) is 34.7 Å². The first kappa shape index (κ1) is 42.3. The van der Waals surface area contributed by atoms with Crippen LogP contribution in [0.25, 0.3) is 11.8 Å². The van der Waals surface area contributed by atoms with Crippen molar-refractivity contribution in [1.82, 2.24) is 9.78 Å². The van der Waals surface area contributed by atoms with E-state index in [1.165, 1.54) is 19.1 Å². The number of hydrogen-bond acceptors (Lipinski definition) is 20. The summed E-state index contributed by atoms with van der Waals surface area (Å²) in [5.41, 5.74) is -3.14. The number of carbonyl (C=O) groups excluding carboxylic acids is 3. The summed E-state index contributed by atoms with van der Waals surface area (Å²) in [5.74, 6) is -4.34. The molecule has 0 fully saturated rings. The van der Waals surface area contributed by atoms with Crippen molar-refractivity contribution in [3.63, 3.8) is 0 Å². The van der Waals surface area contributed by atoms with Crippen molar-refractivity contribution < 1.29 is 84.2 Å². The number of benzene rings is 2. The minimum absolute atomic E-state index is 0.0227. The van der Waals surface area contributed by atoms with E-state index < -0.39 is 82.1 Å². The van der Waals surface area contributed by atoms with Crippen LogP contribution in [0.5, 0.6) is 5.88 Å². The van der Waals surface area contributed by atoms with Gasteiger partial charge in [-0.15, -0.1) is 8.67 Å². The molecule has 1 aliphatic rings. The summed E-state index contributed by atoms with van der Waals surface area (Å²) in [4.78, 5) is 37.5. The first-order valence-corrected chi connectivity index (χ1v) is 18.6. The lowest BCUT2D eigenvalue weighted by Crippen LogP contribution is -2.24. The average molecular weight is 843 g/mol. The zero-order valence-corrected chi connectivity index (χ0v) is 30.4. The summed E-state index contributed by atoms with van der Waals surface area (Å²) in [6, 6.07) is 6.07. The Morgan fingerprint density at radius 1 is 0.909 bits per heavy atom. The maximum atomic E-state index is 13.5. The van der Waals surface area contributed by atoms with Crippen LogP contribution in [0.2, 0.25) is 0 Å². The fourth-order valence-corrected chi connectivity index (χ4v) is 6.50. The zero-order chi connectivity index (χ0) is 40.5. The van der Waals surface area contributed by atoms with Gasteiger partial charge in [0.15, 0.2) is 11.4 Å². The number of nitrogens with zero attached hydrogens (tertiary/aromatic N) is 4. The largest absolute Gasteiger partial charge is 0.493 e. The van der Waals surface area contributed by atoms with E-state index in [1.807, 2.05) is 0 Å². The maximum Gasteiger partial charge on any atom is 0.373 e. The van der Waals surface area contributed by atoms with Gasteiger partial charge in [-0.3, -0.25) is 13.9 Å². The van der Waals surface area contributed by atoms with Gasteiger partial charge in [0.05, 0.1) is 53.2 Å². The highest BCUT2D eigenvalue weighted by Gasteiger charge is 2.38. The highest BCUT2D eigenvalue weighted by molar-refractivity contribution is 7.94. The van der Waals surface area contributed by atoms with E-state index in [-0.39, 0.29) is 22.0 Å². The predicted octanol–water partition coefficient (Wildman–Crippen LogP) is 3.14. The molecule has 0 bridgehead atoms. The number of aromatic nitrogens is 2. The molecule has 0 aliphatic carbocycles. The van der Waals surface area contributed by atoms with Crippen LogP contribution in [-0.4, -0.2) is 81.5 Å². The van der Waals surface area contributed by atoms with Crippen LogP contribution >= 0.6 is 24.1 Å². The number of ether oxygens (including phenoxy) is 2. The summed E-state index contributed by atoms with van der Waals surface area (Å²) in [6.45, 7) is 1.34. The molecule has 26 heteroatoms. The molecule has 0 saturated carbocycles. The van der Waals surface area contributed by atoms with Gasteiger partial charge in [-0.05, 0) is 55.5 Å². The Labute approximate surface area is 317 Å². The molecule has 1 aliphatic heterocycles. The van der Waals surface area contributed by atoms with Crippen LogP contribution in [0.3, 0.4) is 0 Å². The summed E-state index contributed by atoms with van der Waals surface area (Å²) in [6.07, 6.45) is 12.3. The van der Waals surface area contributed by atoms with Gasteiger partial charge in [-0.25, -0.2) is 20.1 Å². The van der Waals surface area contributed by atoms with Crippen molar-refractivity contribution in [3.8, 4) is 24.1 Å². The Balaban J connectivity index is 1.77. The third kappa shape index (κ3) is 10.0. The van der Waals surface area contributed by atoms with Crippen LogP contribution in [0.4, 0.5) is 5.69 Å². The number of esters is 2. The van der Waals surface area contributed by atoms with E-state index in [0.717, 1.165) is 54.6 Å². The quantitative estimate of drug-likeness (QED) is 0.0202. The minimum atomic E-state index is -5.00. The van der Waals surface area contributed by atoms with Gasteiger partial charge in [0, 0.05) is 9.79 Å². The number of hydrazone groups is 1. The number of hydrogen-bond donors (Lipinski definition) is 5. The lowest BCUT2D eigenvalue weighted by Gasteiger charge is -2.15. The lowest BCUT2D eigenvalue weighted by atomic mass is 10.1. The Morgan fingerprint density at radius 3 is 2.04 bits per heavy atom. The highest BCUT2D eigenvalue weighted by atomic mass is 32.2. The number of allylic oxidation sites excluding steroid dienone is 4. The molecule has 2 aromatic carbocycles. The number of anilines is 1. The molecule has 3 aromatic rings.